The molecule has 0 amide bonds. The standard InChI is InChI=1S/C12H25NO2/c1-2-11-5-3-4-6-12(11)13(7-9-14)8-10-15/h11-12,14-15H,2-10H2,1H3. The predicted molar refractivity (Wildman–Crippen MR) is 61.8 cm³/mol. The largest absolute Gasteiger partial charge is 0.395 e. The molecular weight excluding hydrogens is 190 g/mol. The Morgan fingerprint density at radius 1 is 1.07 bits per heavy atom. The summed E-state index contributed by atoms with van der Waals surface area (Å²) in [6.45, 7) is 4.07. The Labute approximate surface area is 93.1 Å². The van der Waals surface area contributed by atoms with E-state index in [0.29, 0.717) is 19.1 Å². The lowest BCUT2D eigenvalue weighted by Crippen LogP contribution is -2.45. The molecule has 0 bridgehead atoms. The molecule has 90 valence electrons. The summed E-state index contributed by atoms with van der Waals surface area (Å²) in [7, 11) is 0. The van der Waals surface area contributed by atoms with E-state index in [0.717, 1.165) is 5.92 Å². The molecule has 2 N–H and O–H groups in total. The van der Waals surface area contributed by atoms with Gasteiger partial charge in [0.15, 0.2) is 0 Å². The summed E-state index contributed by atoms with van der Waals surface area (Å²) >= 11 is 0. The third-order valence-corrected chi connectivity index (χ3v) is 3.64. The molecule has 0 saturated heterocycles. The topological polar surface area (TPSA) is 43.7 Å². The fourth-order valence-corrected chi connectivity index (χ4v) is 2.85. The molecule has 1 saturated carbocycles. The minimum Gasteiger partial charge on any atom is -0.395 e. The van der Waals surface area contributed by atoms with E-state index in [4.69, 9.17) is 10.2 Å². The molecular formula is C12H25NO2. The summed E-state index contributed by atoms with van der Waals surface area (Å²) < 4.78 is 0. The molecule has 3 heteroatoms. The van der Waals surface area contributed by atoms with Crippen LogP contribution in [0.2, 0.25) is 0 Å². The second-order valence-electron chi connectivity index (χ2n) is 4.50. The van der Waals surface area contributed by atoms with Gasteiger partial charge in [-0.2, -0.15) is 0 Å². The van der Waals surface area contributed by atoms with Gasteiger partial charge >= 0.3 is 0 Å². The second-order valence-corrected chi connectivity index (χ2v) is 4.50. The Hall–Kier alpha value is -0.120. The van der Waals surface area contributed by atoms with Crippen LogP contribution in [-0.4, -0.2) is 47.5 Å². The molecule has 0 spiro atoms. The first-order chi connectivity index (χ1) is 7.33. The molecule has 1 aliphatic rings. The summed E-state index contributed by atoms with van der Waals surface area (Å²) in [5.74, 6) is 0.761. The lowest BCUT2D eigenvalue weighted by atomic mass is 9.82. The smallest absolute Gasteiger partial charge is 0.0558 e. The monoisotopic (exact) mass is 215 g/mol. The van der Waals surface area contributed by atoms with Crippen molar-refractivity contribution in [1.82, 2.24) is 4.90 Å². The highest BCUT2D eigenvalue weighted by molar-refractivity contribution is 4.82. The van der Waals surface area contributed by atoms with Gasteiger partial charge < -0.3 is 10.2 Å². The van der Waals surface area contributed by atoms with Crippen LogP contribution in [0.15, 0.2) is 0 Å². The molecule has 2 atom stereocenters. The van der Waals surface area contributed by atoms with Gasteiger partial charge in [-0.25, -0.2) is 0 Å². The van der Waals surface area contributed by atoms with E-state index in [1.807, 2.05) is 0 Å². The lowest BCUT2D eigenvalue weighted by Gasteiger charge is -2.39. The van der Waals surface area contributed by atoms with Crippen LogP contribution in [0.4, 0.5) is 0 Å². The first-order valence-corrected chi connectivity index (χ1v) is 6.29. The van der Waals surface area contributed by atoms with E-state index in [2.05, 4.69) is 11.8 Å². The fraction of sp³-hybridized carbons (Fsp3) is 1.00. The van der Waals surface area contributed by atoms with Gasteiger partial charge in [-0.05, 0) is 18.8 Å². The van der Waals surface area contributed by atoms with Crippen LogP contribution in [0.1, 0.15) is 39.0 Å². The Balaban J connectivity index is 2.53. The van der Waals surface area contributed by atoms with Gasteiger partial charge in [0.2, 0.25) is 0 Å². The first-order valence-electron chi connectivity index (χ1n) is 6.29. The van der Waals surface area contributed by atoms with E-state index in [9.17, 15) is 0 Å². The van der Waals surface area contributed by atoms with Crippen molar-refractivity contribution in [2.75, 3.05) is 26.3 Å². The van der Waals surface area contributed by atoms with Crippen molar-refractivity contribution < 1.29 is 10.2 Å². The average Bonchev–Trinajstić information content (AvgIpc) is 2.29. The van der Waals surface area contributed by atoms with Crippen molar-refractivity contribution in [3.8, 4) is 0 Å². The van der Waals surface area contributed by atoms with Crippen molar-refractivity contribution >= 4 is 0 Å². The van der Waals surface area contributed by atoms with Crippen LogP contribution in [0.25, 0.3) is 0 Å². The molecule has 1 fully saturated rings. The number of nitrogens with zero attached hydrogens (tertiary/aromatic N) is 1. The van der Waals surface area contributed by atoms with Gasteiger partial charge in [0.25, 0.3) is 0 Å². The second kappa shape index (κ2) is 7.20. The predicted octanol–water partition coefficient (Wildman–Crippen LogP) is 1.24. The summed E-state index contributed by atoms with van der Waals surface area (Å²) in [6.07, 6.45) is 6.42. The maximum Gasteiger partial charge on any atom is 0.0558 e. The zero-order valence-electron chi connectivity index (χ0n) is 9.86. The van der Waals surface area contributed by atoms with Gasteiger partial charge in [0, 0.05) is 19.1 Å². The van der Waals surface area contributed by atoms with Crippen molar-refractivity contribution in [3.05, 3.63) is 0 Å². The Kier molecular flexibility index (Phi) is 6.22. The molecule has 0 radical (unpaired) electrons. The van der Waals surface area contributed by atoms with Crippen LogP contribution in [0.5, 0.6) is 0 Å². The molecule has 1 aliphatic carbocycles. The SMILES string of the molecule is CCC1CCCCC1N(CCO)CCO. The van der Waals surface area contributed by atoms with Gasteiger partial charge in [-0.1, -0.05) is 26.2 Å². The van der Waals surface area contributed by atoms with Crippen molar-refractivity contribution in [2.24, 2.45) is 5.92 Å². The number of hydrogen-bond acceptors (Lipinski definition) is 3. The van der Waals surface area contributed by atoms with Gasteiger partial charge in [0.05, 0.1) is 13.2 Å². The molecule has 2 unspecified atom stereocenters. The number of rotatable bonds is 6. The molecule has 15 heavy (non-hydrogen) atoms. The van der Waals surface area contributed by atoms with Crippen LogP contribution in [-0.2, 0) is 0 Å². The third-order valence-electron chi connectivity index (χ3n) is 3.64. The summed E-state index contributed by atoms with van der Waals surface area (Å²) in [5.41, 5.74) is 0. The highest BCUT2D eigenvalue weighted by Gasteiger charge is 2.28. The van der Waals surface area contributed by atoms with Crippen molar-refractivity contribution in [3.63, 3.8) is 0 Å². The highest BCUT2D eigenvalue weighted by atomic mass is 16.3. The van der Waals surface area contributed by atoms with E-state index < -0.39 is 0 Å². The Bertz CT molecular complexity index is 158. The highest BCUT2D eigenvalue weighted by Crippen LogP contribution is 2.30. The Morgan fingerprint density at radius 3 is 2.20 bits per heavy atom. The molecule has 0 aromatic rings. The van der Waals surface area contributed by atoms with Crippen LogP contribution >= 0.6 is 0 Å². The Morgan fingerprint density at radius 2 is 1.67 bits per heavy atom. The molecule has 1 rings (SSSR count). The summed E-state index contributed by atoms with van der Waals surface area (Å²) in [4.78, 5) is 2.27. The molecule has 3 nitrogen and oxygen atoms in total. The normalized spacial score (nSPS) is 27.2. The van der Waals surface area contributed by atoms with E-state index in [1.165, 1.54) is 32.1 Å². The minimum absolute atomic E-state index is 0.201. The number of hydrogen-bond donors (Lipinski definition) is 2. The minimum atomic E-state index is 0.201. The first kappa shape index (κ1) is 12.9. The molecule has 0 aliphatic heterocycles. The molecule has 0 heterocycles. The molecule has 0 aromatic heterocycles. The van der Waals surface area contributed by atoms with E-state index in [1.54, 1.807) is 0 Å². The average molecular weight is 215 g/mol. The third kappa shape index (κ3) is 3.74. The van der Waals surface area contributed by atoms with Crippen LogP contribution < -0.4 is 0 Å². The summed E-state index contributed by atoms with van der Waals surface area (Å²) in [6, 6.07) is 0.586. The lowest BCUT2D eigenvalue weighted by molar-refractivity contribution is 0.0658. The van der Waals surface area contributed by atoms with Crippen LogP contribution in [0.3, 0.4) is 0 Å². The summed E-state index contributed by atoms with van der Waals surface area (Å²) in [5, 5.41) is 18.1. The maximum absolute atomic E-state index is 9.03. The maximum atomic E-state index is 9.03. The number of aliphatic hydroxyl groups excluding tert-OH is 2. The fourth-order valence-electron chi connectivity index (χ4n) is 2.85. The van der Waals surface area contributed by atoms with Crippen LogP contribution in [0, 0.1) is 5.92 Å². The van der Waals surface area contributed by atoms with E-state index in [-0.39, 0.29) is 13.2 Å². The molecule has 0 aromatic carbocycles. The quantitative estimate of drug-likeness (QED) is 0.700. The zero-order valence-corrected chi connectivity index (χ0v) is 9.86. The van der Waals surface area contributed by atoms with Crippen molar-refractivity contribution in [2.45, 2.75) is 45.1 Å². The van der Waals surface area contributed by atoms with Gasteiger partial charge in [-0.3, -0.25) is 4.90 Å². The number of aliphatic hydroxyl groups is 2. The van der Waals surface area contributed by atoms with Crippen molar-refractivity contribution in [1.29, 1.82) is 0 Å². The zero-order chi connectivity index (χ0) is 11.1. The van der Waals surface area contributed by atoms with Gasteiger partial charge in [-0.15, -0.1) is 0 Å². The van der Waals surface area contributed by atoms with E-state index >= 15 is 0 Å². The van der Waals surface area contributed by atoms with Gasteiger partial charge in [0.1, 0.15) is 0 Å².